The van der Waals surface area contributed by atoms with Crippen LogP contribution in [0.5, 0.6) is 0 Å². The molecule has 0 atom stereocenters. The minimum Gasteiger partial charge on any atom is -0.325 e. The highest BCUT2D eigenvalue weighted by molar-refractivity contribution is 8.00. The third-order valence-corrected chi connectivity index (χ3v) is 6.15. The van der Waals surface area contributed by atoms with E-state index in [1.807, 2.05) is 14.1 Å². The molecular weight excluding hydrogens is 395 g/mol. The number of aryl methyl sites for hydroxylation is 1. The van der Waals surface area contributed by atoms with Gasteiger partial charge in [-0.15, -0.1) is 11.8 Å². The zero-order chi connectivity index (χ0) is 19.3. The van der Waals surface area contributed by atoms with E-state index in [2.05, 4.69) is 21.5 Å². The summed E-state index contributed by atoms with van der Waals surface area (Å²) in [5.74, 6) is 3.06. The predicted molar refractivity (Wildman–Crippen MR) is 101 cm³/mol. The average Bonchev–Trinajstić information content (AvgIpc) is 3.31. The van der Waals surface area contributed by atoms with Crippen LogP contribution in [0.2, 0.25) is 0 Å². The van der Waals surface area contributed by atoms with Crippen molar-refractivity contribution in [3.05, 3.63) is 18.1 Å². The van der Waals surface area contributed by atoms with Crippen molar-refractivity contribution in [2.24, 2.45) is 14.1 Å². The second kappa shape index (κ2) is 6.73. The maximum absolute atomic E-state index is 12.7. The highest BCUT2D eigenvalue weighted by Gasteiger charge is 2.32. The molecule has 3 aromatic heterocycles. The van der Waals surface area contributed by atoms with Gasteiger partial charge in [-0.3, -0.25) is 0 Å². The van der Waals surface area contributed by atoms with E-state index < -0.39 is 5.51 Å². The number of aromatic nitrogens is 5. The molecule has 0 bridgehead atoms. The zero-order valence-electron chi connectivity index (χ0n) is 15.0. The van der Waals surface area contributed by atoms with Gasteiger partial charge < -0.3 is 9.13 Å². The fraction of sp³-hybridized carbons (Fsp3) is 0.471. The number of fused-ring (bicyclic) bond motifs is 1. The Morgan fingerprint density at radius 3 is 2.56 bits per heavy atom. The van der Waals surface area contributed by atoms with Gasteiger partial charge in [0.25, 0.3) is 0 Å². The number of rotatable bonds is 5. The Morgan fingerprint density at radius 1 is 1.19 bits per heavy atom. The van der Waals surface area contributed by atoms with Crippen LogP contribution in [-0.4, -0.2) is 35.3 Å². The van der Waals surface area contributed by atoms with Crippen molar-refractivity contribution in [1.29, 1.82) is 0 Å². The van der Waals surface area contributed by atoms with Crippen LogP contribution in [0, 0.1) is 0 Å². The molecular formula is C17H18F3N5S2. The first kappa shape index (κ1) is 18.7. The van der Waals surface area contributed by atoms with E-state index in [-0.39, 0.29) is 16.7 Å². The summed E-state index contributed by atoms with van der Waals surface area (Å²) in [7, 11) is 3.83. The van der Waals surface area contributed by atoms with Crippen molar-refractivity contribution in [3.8, 4) is 11.5 Å². The van der Waals surface area contributed by atoms with Gasteiger partial charge in [0.1, 0.15) is 22.1 Å². The molecule has 3 aromatic rings. The lowest BCUT2D eigenvalue weighted by Gasteiger charge is -2.05. The van der Waals surface area contributed by atoms with E-state index in [0.29, 0.717) is 22.9 Å². The lowest BCUT2D eigenvalue weighted by Crippen LogP contribution is -1.99. The minimum atomic E-state index is -4.35. The molecule has 0 amide bonds. The minimum absolute atomic E-state index is 0.0301. The maximum Gasteiger partial charge on any atom is 0.446 e. The molecule has 5 nitrogen and oxygen atoms in total. The largest absolute Gasteiger partial charge is 0.446 e. The van der Waals surface area contributed by atoms with Crippen LogP contribution in [-0.2, 0) is 14.1 Å². The topological polar surface area (TPSA) is 48.5 Å². The fourth-order valence-electron chi connectivity index (χ4n) is 3.11. The zero-order valence-corrected chi connectivity index (χ0v) is 16.7. The third kappa shape index (κ3) is 3.56. The van der Waals surface area contributed by atoms with Crippen molar-refractivity contribution in [2.45, 2.75) is 41.1 Å². The number of pyridine rings is 1. The molecule has 4 rings (SSSR count). The molecule has 1 aliphatic carbocycles. The molecule has 144 valence electrons. The van der Waals surface area contributed by atoms with Crippen molar-refractivity contribution in [3.63, 3.8) is 0 Å². The molecule has 10 heteroatoms. The van der Waals surface area contributed by atoms with E-state index in [9.17, 15) is 13.2 Å². The number of nitrogens with zero attached hydrogens (tertiary/aromatic N) is 5. The lowest BCUT2D eigenvalue weighted by atomic mass is 10.4. The smallest absolute Gasteiger partial charge is 0.325 e. The number of hydrogen-bond acceptors (Lipinski definition) is 5. The lowest BCUT2D eigenvalue weighted by molar-refractivity contribution is -0.0328. The van der Waals surface area contributed by atoms with Crippen molar-refractivity contribution in [2.75, 3.05) is 5.75 Å². The van der Waals surface area contributed by atoms with Crippen LogP contribution in [0.25, 0.3) is 22.7 Å². The van der Waals surface area contributed by atoms with Crippen LogP contribution in [0.1, 0.15) is 31.5 Å². The number of alkyl halides is 3. The van der Waals surface area contributed by atoms with Gasteiger partial charge in [-0.1, -0.05) is 6.92 Å². The average molecular weight is 413 g/mol. The number of imidazole rings is 2. The molecule has 0 radical (unpaired) electrons. The Hall–Kier alpha value is -1.68. The summed E-state index contributed by atoms with van der Waals surface area (Å²) in [5.41, 5.74) is -2.59. The van der Waals surface area contributed by atoms with Crippen molar-refractivity contribution in [1.82, 2.24) is 24.1 Å². The first-order valence-corrected chi connectivity index (χ1v) is 10.4. The molecule has 0 aromatic carbocycles. The van der Waals surface area contributed by atoms with Crippen molar-refractivity contribution < 1.29 is 13.2 Å². The fourth-order valence-corrected chi connectivity index (χ4v) is 4.49. The molecule has 0 spiro atoms. The van der Waals surface area contributed by atoms with Gasteiger partial charge in [0.05, 0.1) is 0 Å². The van der Waals surface area contributed by atoms with E-state index in [4.69, 9.17) is 4.98 Å². The van der Waals surface area contributed by atoms with Crippen LogP contribution >= 0.6 is 23.5 Å². The van der Waals surface area contributed by atoms with E-state index in [1.54, 1.807) is 16.3 Å². The quantitative estimate of drug-likeness (QED) is 0.553. The second-order valence-corrected chi connectivity index (χ2v) is 8.84. The molecule has 1 aliphatic rings. The van der Waals surface area contributed by atoms with Crippen LogP contribution < -0.4 is 0 Å². The van der Waals surface area contributed by atoms with Gasteiger partial charge in [0, 0.05) is 31.1 Å². The Morgan fingerprint density at radius 2 is 1.93 bits per heavy atom. The molecule has 0 unspecified atom stereocenters. The molecule has 1 saturated carbocycles. The summed E-state index contributed by atoms with van der Waals surface area (Å²) in [6, 6.07) is 1.43. The summed E-state index contributed by atoms with van der Waals surface area (Å²) in [6.07, 6.45) is 3.52. The van der Waals surface area contributed by atoms with Crippen LogP contribution in [0.3, 0.4) is 0 Å². The Balaban J connectivity index is 1.82. The van der Waals surface area contributed by atoms with Crippen LogP contribution in [0.4, 0.5) is 13.2 Å². The molecule has 1 fully saturated rings. The van der Waals surface area contributed by atoms with Gasteiger partial charge in [-0.25, -0.2) is 15.0 Å². The van der Waals surface area contributed by atoms with Gasteiger partial charge in [0.2, 0.25) is 0 Å². The summed E-state index contributed by atoms with van der Waals surface area (Å²) in [5, 5.41) is 1.03. The van der Waals surface area contributed by atoms with E-state index in [1.165, 1.54) is 12.3 Å². The Kier molecular flexibility index (Phi) is 4.66. The van der Waals surface area contributed by atoms with Crippen molar-refractivity contribution >= 4 is 34.7 Å². The molecule has 3 heterocycles. The molecule has 0 aliphatic heterocycles. The summed E-state index contributed by atoms with van der Waals surface area (Å²) < 4.78 is 41.9. The molecule has 27 heavy (non-hydrogen) atoms. The van der Waals surface area contributed by atoms with Gasteiger partial charge in [0.15, 0.2) is 11.5 Å². The highest BCUT2D eigenvalue weighted by atomic mass is 32.2. The normalized spacial score (nSPS) is 15.0. The maximum atomic E-state index is 12.7. The van der Waals surface area contributed by atoms with E-state index in [0.717, 1.165) is 35.1 Å². The summed E-state index contributed by atoms with van der Waals surface area (Å²) >= 11 is 1.51. The SMILES string of the molecule is CCSc1c(-c2nc3cc(SC(F)(F)F)cnc3n2C)nc(C2CC2)n1C. The summed E-state index contributed by atoms with van der Waals surface area (Å²) in [4.78, 5) is 13.7. The number of halogens is 3. The Labute approximate surface area is 162 Å². The Bertz CT molecular complexity index is 1000. The van der Waals surface area contributed by atoms with Gasteiger partial charge in [-0.2, -0.15) is 13.2 Å². The first-order valence-electron chi connectivity index (χ1n) is 8.56. The predicted octanol–water partition coefficient (Wildman–Crippen LogP) is 4.97. The highest BCUT2D eigenvalue weighted by Crippen LogP contribution is 2.43. The summed E-state index contributed by atoms with van der Waals surface area (Å²) in [6.45, 7) is 2.08. The van der Waals surface area contributed by atoms with Crippen LogP contribution in [0.15, 0.2) is 22.2 Å². The first-order chi connectivity index (χ1) is 12.8. The molecule has 0 saturated heterocycles. The standard InChI is InChI=1S/C17H18F3N5S2/c1-4-26-16-12(23-13(25(16)3)9-5-6-9)15-22-11-7-10(27-17(18,19)20)8-21-14(11)24(15)2/h7-9H,4-6H2,1-3H3. The monoisotopic (exact) mass is 413 g/mol. The van der Waals surface area contributed by atoms with Gasteiger partial charge in [-0.05, 0) is 36.4 Å². The third-order valence-electron chi connectivity index (χ3n) is 4.43. The number of hydrogen-bond donors (Lipinski definition) is 0. The number of thioether (sulfide) groups is 2. The van der Waals surface area contributed by atoms with E-state index >= 15 is 0 Å². The van der Waals surface area contributed by atoms with Gasteiger partial charge >= 0.3 is 5.51 Å². The molecule has 0 N–H and O–H groups in total. The second-order valence-electron chi connectivity index (χ2n) is 6.45.